The molecular formula is C22H20N2O. The van der Waals surface area contributed by atoms with Crippen molar-refractivity contribution < 1.29 is 4.74 Å². The number of aryl methyl sites for hydroxylation is 3. The number of nitriles is 1. The number of benzene rings is 2. The largest absolute Gasteiger partial charge is 0.470 e. The van der Waals surface area contributed by atoms with Gasteiger partial charge in [0, 0.05) is 16.7 Å². The number of allylic oxidation sites excluding steroid dienone is 2. The SMILES string of the molecule is Cc1ccc(C2=C(C#N)C(N)OC3=C2CCc2cc(C)ccc23)cc1. The third-order valence-corrected chi connectivity index (χ3v) is 4.98. The van der Waals surface area contributed by atoms with Crippen molar-refractivity contribution in [3.05, 3.63) is 81.4 Å². The third kappa shape index (κ3) is 2.56. The van der Waals surface area contributed by atoms with E-state index >= 15 is 0 Å². The molecule has 1 aliphatic heterocycles. The summed E-state index contributed by atoms with van der Waals surface area (Å²) in [6.45, 7) is 4.16. The smallest absolute Gasteiger partial charge is 0.184 e. The summed E-state index contributed by atoms with van der Waals surface area (Å²) in [6, 6.07) is 17.0. The number of rotatable bonds is 1. The Morgan fingerprint density at radius 2 is 1.76 bits per heavy atom. The van der Waals surface area contributed by atoms with Gasteiger partial charge in [-0.15, -0.1) is 0 Å². The van der Waals surface area contributed by atoms with Gasteiger partial charge in [0.05, 0.1) is 5.57 Å². The van der Waals surface area contributed by atoms with Gasteiger partial charge in [0.1, 0.15) is 11.8 Å². The van der Waals surface area contributed by atoms with Crippen molar-refractivity contribution in [1.29, 1.82) is 5.26 Å². The van der Waals surface area contributed by atoms with E-state index in [2.05, 4.69) is 62.4 Å². The molecule has 0 aromatic heterocycles. The van der Waals surface area contributed by atoms with Crippen molar-refractivity contribution >= 4 is 11.3 Å². The molecule has 1 unspecified atom stereocenters. The average molecular weight is 328 g/mol. The average Bonchev–Trinajstić information content (AvgIpc) is 2.61. The highest BCUT2D eigenvalue weighted by molar-refractivity contribution is 5.93. The standard InChI is InChI=1S/C22H20N2O/c1-13-3-6-15(7-4-13)20-18-10-8-16-11-14(2)5-9-17(16)21(18)25-22(24)19(20)12-23/h3-7,9,11,22H,8,10,24H2,1-2H3. The van der Waals surface area contributed by atoms with E-state index in [-0.39, 0.29) is 0 Å². The van der Waals surface area contributed by atoms with Gasteiger partial charge in [-0.2, -0.15) is 5.26 Å². The zero-order valence-electron chi connectivity index (χ0n) is 14.5. The minimum Gasteiger partial charge on any atom is -0.470 e. The van der Waals surface area contributed by atoms with Crippen LogP contribution < -0.4 is 5.73 Å². The number of hydrogen-bond donors (Lipinski definition) is 1. The molecule has 2 aromatic carbocycles. The minimum atomic E-state index is -0.729. The first-order chi connectivity index (χ1) is 12.1. The van der Waals surface area contributed by atoms with Crippen LogP contribution in [0.2, 0.25) is 0 Å². The Balaban J connectivity index is 1.95. The normalized spacial score (nSPS) is 19.0. The molecule has 2 aliphatic rings. The minimum absolute atomic E-state index is 0.512. The molecule has 1 aliphatic carbocycles. The molecule has 0 amide bonds. The second-order valence-electron chi connectivity index (χ2n) is 6.77. The van der Waals surface area contributed by atoms with Crippen LogP contribution in [0.5, 0.6) is 0 Å². The van der Waals surface area contributed by atoms with Gasteiger partial charge in [-0.25, -0.2) is 0 Å². The molecule has 0 bridgehead atoms. The maximum Gasteiger partial charge on any atom is 0.184 e. The lowest BCUT2D eigenvalue weighted by atomic mass is 9.80. The Morgan fingerprint density at radius 1 is 1.04 bits per heavy atom. The molecule has 3 heteroatoms. The monoisotopic (exact) mass is 328 g/mol. The van der Waals surface area contributed by atoms with Gasteiger partial charge in [0.2, 0.25) is 0 Å². The van der Waals surface area contributed by atoms with E-state index in [1.165, 1.54) is 16.7 Å². The summed E-state index contributed by atoms with van der Waals surface area (Å²) in [5, 5.41) is 9.68. The van der Waals surface area contributed by atoms with Gasteiger partial charge in [-0.1, -0.05) is 53.6 Å². The number of nitrogens with zero attached hydrogens (tertiary/aromatic N) is 1. The predicted octanol–water partition coefficient (Wildman–Crippen LogP) is 4.25. The van der Waals surface area contributed by atoms with Crippen LogP contribution in [0.15, 0.2) is 53.6 Å². The number of fused-ring (bicyclic) bond motifs is 2. The van der Waals surface area contributed by atoms with E-state index in [9.17, 15) is 5.26 Å². The molecule has 4 rings (SSSR count). The zero-order chi connectivity index (χ0) is 17.6. The van der Waals surface area contributed by atoms with E-state index in [0.717, 1.165) is 40.9 Å². The maximum absolute atomic E-state index is 9.68. The fourth-order valence-corrected chi connectivity index (χ4v) is 3.72. The lowest BCUT2D eigenvalue weighted by Crippen LogP contribution is -2.31. The summed E-state index contributed by atoms with van der Waals surface area (Å²) in [7, 11) is 0. The van der Waals surface area contributed by atoms with Crippen molar-refractivity contribution in [3.63, 3.8) is 0 Å². The molecule has 0 fully saturated rings. The molecule has 0 spiro atoms. The van der Waals surface area contributed by atoms with Crippen LogP contribution in [0.25, 0.3) is 11.3 Å². The van der Waals surface area contributed by atoms with Crippen molar-refractivity contribution in [3.8, 4) is 6.07 Å². The van der Waals surface area contributed by atoms with Gasteiger partial charge >= 0.3 is 0 Å². The summed E-state index contributed by atoms with van der Waals surface area (Å²) in [5.74, 6) is 0.836. The lowest BCUT2D eigenvalue weighted by molar-refractivity contribution is 0.205. The quantitative estimate of drug-likeness (QED) is 0.851. The molecule has 2 N–H and O–H groups in total. The van der Waals surface area contributed by atoms with Gasteiger partial charge in [-0.3, -0.25) is 5.73 Å². The third-order valence-electron chi connectivity index (χ3n) is 4.98. The Morgan fingerprint density at radius 3 is 2.48 bits per heavy atom. The van der Waals surface area contributed by atoms with E-state index < -0.39 is 6.23 Å². The van der Waals surface area contributed by atoms with E-state index in [1.54, 1.807) is 0 Å². The Hall–Kier alpha value is -2.83. The van der Waals surface area contributed by atoms with Crippen LogP contribution in [-0.2, 0) is 11.2 Å². The van der Waals surface area contributed by atoms with Crippen molar-refractivity contribution in [1.82, 2.24) is 0 Å². The highest BCUT2D eigenvalue weighted by Crippen LogP contribution is 2.44. The van der Waals surface area contributed by atoms with Crippen LogP contribution in [0.1, 0.15) is 34.2 Å². The zero-order valence-corrected chi connectivity index (χ0v) is 14.5. The fraction of sp³-hybridized carbons (Fsp3) is 0.227. The molecule has 1 atom stereocenters. The number of nitrogens with two attached hydrogens (primary N) is 1. The molecule has 3 nitrogen and oxygen atoms in total. The van der Waals surface area contributed by atoms with Crippen LogP contribution in [0.3, 0.4) is 0 Å². The summed E-state index contributed by atoms with van der Waals surface area (Å²) in [4.78, 5) is 0. The molecule has 0 saturated heterocycles. The highest BCUT2D eigenvalue weighted by atomic mass is 16.5. The van der Waals surface area contributed by atoms with Crippen LogP contribution in [0, 0.1) is 25.2 Å². The van der Waals surface area contributed by atoms with Gasteiger partial charge in [0.15, 0.2) is 6.23 Å². The topological polar surface area (TPSA) is 59.0 Å². The first-order valence-corrected chi connectivity index (χ1v) is 8.55. The molecule has 0 saturated carbocycles. The Bertz CT molecular complexity index is 959. The number of ether oxygens (including phenoxy) is 1. The number of hydrogen-bond acceptors (Lipinski definition) is 3. The first-order valence-electron chi connectivity index (χ1n) is 8.55. The van der Waals surface area contributed by atoms with Crippen molar-refractivity contribution in [2.75, 3.05) is 0 Å². The van der Waals surface area contributed by atoms with Crippen molar-refractivity contribution in [2.45, 2.75) is 32.9 Å². The fourth-order valence-electron chi connectivity index (χ4n) is 3.72. The van der Waals surface area contributed by atoms with Crippen LogP contribution in [0.4, 0.5) is 0 Å². The second-order valence-corrected chi connectivity index (χ2v) is 6.77. The second kappa shape index (κ2) is 5.91. The molecule has 25 heavy (non-hydrogen) atoms. The molecular weight excluding hydrogens is 308 g/mol. The summed E-state index contributed by atoms with van der Waals surface area (Å²) < 4.78 is 6.01. The van der Waals surface area contributed by atoms with Gasteiger partial charge in [0.25, 0.3) is 0 Å². The summed E-state index contributed by atoms with van der Waals surface area (Å²) >= 11 is 0. The molecule has 0 radical (unpaired) electrons. The highest BCUT2D eigenvalue weighted by Gasteiger charge is 2.33. The van der Waals surface area contributed by atoms with Gasteiger partial charge in [-0.05, 0) is 37.8 Å². The maximum atomic E-state index is 9.68. The molecule has 124 valence electrons. The van der Waals surface area contributed by atoms with Crippen molar-refractivity contribution in [2.24, 2.45) is 5.73 Å². The lowest BCUT2D eigenvalue weighted by Gasteiger charge is -2.32. The van der Waals surface area contributed by atoms with E-state index in [0.29, 0.717) is 5.57 Å². The van der Waals surface area contributed by atoms with E-state index in [4.69, 9.17) is 10.5 Å². The van der Waals surface area contributed by atoms with E-state index in [1.807, 2.05) is 0 Å². The Kier molecular flexibility index (Phi) is 3.71. The summed E-state index contributed by atoms with van der Waals surface area (Å²) in [6.07, 6.45) is 1.07. The Labute approximate surface area is 148 Å². The van der Waals surface area contributed by atoms with Gasteiger partial charge < -0.3 is 4.74 Å². The molecule has 1 heterocycles. The summed E-state index contributed by atoms with van der Waals surface area (Å²) in [5.41, 5.74) is 14.6. The predicted molar refractivity (Wildman–Crippen MR) is 99.2 cm³/mol. The van der Waals surface area contributed by atoms with Crippen LogP contribution in [-0.4, -0.2) is 6.23 Å². The van der Waals surface area contributed by atoms with Crippen LogP contribution >= 0.6 is 0 Å². The first kappa shape index (κ1) is 15.7. The molecule has 2 aromatic rings.